The molecule has 6 nitrogen and oxygen atoms in total. The fourth-order valence-electron chi connectivity index (χ4n) is 3.57. The quantitative estimate of drug-likeness (QED) is 0.402. The number of anilines is 1. The fourth-order valence-corrected chi connectivity index (χ4v) is 3.57. The number of hydrogen-bond acceptors (Lipinski definition) is 5. The van der Waals surface area contributed by atoms with Crippen LogP contribution in [0.15, 0.2) is 18.2 Å². The number of methoxy groups -OCH3 is 1. The SMILES string of the molecule is CCCOC(CC(C)C)(CC(C)C)C(=O)Nc1ccc(OCC(C)C)c(C(=O)OC)c1. The van der Waals surface area contributed by atoms with Gasteiger partial charge in [-0.3, -0.25) is 4.79 Å². The highest BCUT2D eigenvalue weighted by atomic mass is 16.5. The van der Waals surface area contributed by atoms with Crippen LogP contribution in [-0.2, 0) is 14.3 Å². The Balaban J connectivity index is 3.24. The van der Waals surface area contributed by atoms with Crippen molar-refractivity contribution in [3.8, 4) is 5.75 Å². The first-order valence-corrected chi connectivity index (χ1v) is 11.3. The molecule has 0 saturated heterocycles. The number of carbonyl (C=O) groups excluding carboxylic acids is 2. The van der Waals surface area contributed by atoms with Crippen molar-refractivity contribution in [3.05, 3.63) is 23.8 Å². The van der Waals surface area contributed by atoms with Crippen molar-refractivity contribution in [1.29, 1.82) is 0 Å². The van der Waals surface area contributed by atoms with Crippen LogP contribution in [0.3, 0.4) is 0 Å². The molecule has 0 saturated carbocycles. The van der Waals surface area contributed by atoms with Gasteiger partial charge in [-0.25, -0.2) is 4.79 Å². The fraction of sp³-hybridized carbons (Fsp3) is 0.680. The number of carbonyl (C=O) groups is 2. The maximum Gasteiger partial charge on any atom is 0.341 e. The molecule has 0 aliphatic carbocycles. The van der Waals surface area contributed by atoms with Crippen LogP contribution in [0.1, 0.15) is 78.1 Å². The van der Waals surface area contributed by atoms with Gasteiger partial charge in [0, 0.05) is 12.3 Å². The van der Waals surface area contributed by atoms with E-state index in [2.05, 4.69) is 33.0 Å². The molecule has 176 valence electrons. The zero-order valence-corrected chi connectivity index (χ0v) is 20.5. The molecule has 1 aromatic carbocycles. The largest absolute Gasteiger partial charge is 0.492 e. The summed E-state index contributed by atoms with van der Waals surface area (Å²) in [6, 6.07) is 5.05. The highest BCUT2D eigenvalue weighted by Gasteiger charge is 2.40. The number of ether oxygens (including phenoxy) is 3. The van der Waals surface area contributed by atoms with Crippen LogP contribution < -0.4 is 10.1 Å². The Bertz CT molecular complexity index is 702. The summed E-state index contributed by atoms with van der Waals surface area (Å²) in [5.74, 6) is 0.644. The Labute approximate surface area is 188 Å². The van der Waals surface area contributed by atoms with E-state index in [1.807, 2.05) is 20.8 Å². The minimum atomic E-state index is -0.920. The lowest BCUT2D eigenvalue weighted by Crippen LogP contribution is -2.48. The first kappa shape index (κ1) is 27.0. The molecule has 1 aromatic rings. The summed E-state index contributed by atoms with van der Waals surface area (Å²) in [6.45, 7) is 15.5. The summed E-state index contributed by atoms with van der Waals surface area (Å²) in [6.07, 6.45) is 2.08. The van der Waals surface area contributed by atoms with Gasteiger partial charge in [0.15, 0.2) is 0 Å². The van der Waals surface area contributed by atoms with Gasteiger partial charge >= 0.3 is 5.97 Å². The first-order valence-electron chi connectivity index (χ1n) is 11.3. The number of hydrogen-bond donors (Lipinski definition) is 1. The highest BCUT2D eigenvalue weighted by Crippen LogP contribution is 2.32. The van der Waals surface area contributed by atoms with Crippen LogP contribution in [-0.4, -0.2) is 37.8 Å². The number of rotatable bonds is 13. The molecule has 0 spiro atoms. The molecule has 0 unspecified atom stereocenters. The zero-order chi connectivity index (χ0) is 23.6. The van der Waals surface area contributed by atoms with Gasteiger partial charge in [0.05, 0.1) is 13.7 Å². The lowest BCUT2D eigenvalue weighted by molar-refractivity contribution is -0.147. The third-order valence-corrected chi connectivity index (χ3v) is 4.69. The van der Waals surface area contributed by atoms with Gasteiger partial charge in [0.1, 0.15) is 16.9 Å². The summed E-state index contributed by atoms with van der Waals surface area (Å²) in [4.78, 5) is 25.8. The molecule has 1 N–H and O–H groups in total. The second kappa shape index (κ2) is 12.7. The molecule has 0 radical (unpaired) electrons. The van der Waals surface area contributed by atoms with Crippen molar-refractivity contribution < 1.29 is 23.8 Å². The van der Waals surface area contributed by atoms with E-state index in [4.69, 9.17) is 14.2 Å². The number of amides is 1. The van der Waals surface area contributed by atoms with Gasteiger partial charge in [0.2, 0.25) is 0 Å². The van der Waals surface area contributed by atoms with E-state index in [1.54, 1.807) is 18.2 Å². The standard InChI is InChI=1S/C25H41NO5/c1-9-12-31-25(14-17(2)3,15-18(4)5)24(28)26-20-10-11-22(30-16-19(6)7)21(13-20)23(27)29-8/h10-11,13,17-19H,9,12,14-16H2,1-8H3,(H,26,28). The molecule has 0 aromatic heterocycles. The third-order valence-electron chi connectivity index (χ3n) is 4.69. The van der Waals surface area contributed by atoms with Crippen molar-refractivity contribution >= 4 is 17.6 Å². The predicted molar refractivity (Wildman–Crippen MR) is 125 cm³/mol. The maximum absolute atomic E-state index is 13.5. The lowest BCUT2D eigenvalue weighted by Gasteiger charge is -2.35. The molecule has 31 heavy (non-hydrogen) atoms. The Hall–Kier alpha value is -2.08. The van der Waals surface area contributed by atoms with Crippen molar-refractivity contribution in [2.24, 2.45) is 17.8 Å². The van der Waals surface area contributed by atoms with Crippen molar-refractivity contribution in [2.75, 3.05) is 25.6 Å². The summed E-state index contributed by atoms with van der Waals surface area (Å²) in [5, 5.41) is 2.99. The van der Waals surface area contributed by atoms with Gasteiger partial charge in [-0.1, -0.05) is 48.5 Å². The molecular formula is C25H41NO5. The number of esters is 1. The van der Waals surface area contributed by atoms with Crippen LogP contribution in [0.5, 0.6) is 5.75 Å². The van der Waals surface area contributed by atoms with Gasteiger partial charge < -0.3 is 19.5 Å². The van der Waals surface area contributed by atoms with Crippen LogP contribution in [0.4, 0.5) is 5.69 Å². The van der Waals surface area contributed by atoms with E-state index in [-0.39, 0.29) is 11.5 Å². The Morgan fingerprint density at radius 2 is 1.61 bits per heavy atom. The summed E-state index contributed by atoms with van der Waals surface area (Å²) < 4.78 is 16.9. The minimum Gasteiger partial charge on any atom is -0.492 e. The molecule has 1 amide bonds. The number of benzene rings is 1. The second-order valence-electron chi connectivity index (χ2n) is 9.40. The normalized spacial score (nSPS) is 11.8. The van der Waals surface area contributed by atoms with Gasteiger partial charge in [0.25, 0.3) is 5.91 Å². The molecule has 0 atom stereocenters. The van der Waals surface area contributed by atoms with Crippen LogP contribution in [0.2, 0.25) is 0 Å². The molecular weight excluding hydrogens is 394 g/mol. The molecule has 6 heteroatoms. The Morgan fingerprint density at radius 3 is 2.10 bits per heavy atom. The molecule has 0 fully saturated rings. The Morgan fingerprint density at radius 1 is 1.00 bits per heavy atom. The van der Waals surface area contributed by atoms with Crippen LogP contribution >= 0.6 is 0 Å². The van der Waals surface area contributed by atoms with Gasteiger partial charge in [-0.15, -0.1) is 0 Å². The van der Waals surface area contributed by atoms with E-state index in [9.17, 15) is 9.59 Å². The average molecular weight is 436 g/mol. The van der Waals surface area contributed by atoms with Crippen molar-refractivity contribution in [1.82, 2.24) is 0 Å². The van der Waals surface area contributed by atoms with Crippen molar-refractivity contribution in [3.63, 3.8) is 0 Å². The van der Waals surface area contributed by atoms with E-state index in [1.165, 1.54) is 7.11 Å². The summed E-state index contributed by atoms with van der Waals surface area (Å²) >= 11 is 0. The summed E-state index contributed by atoms with van der Waals surface area (Å²) in [5.41, 5.74) is -0.121. The highest BCUT2D eigenvalue weighted by molar-refractivity contribution is 5.99. The minimum absolute atomic E-state index is 0.185. The second-order valence-corrected chi connectivity index (χ2v) is 9.40. The van der Waals surface area contributed by atoms with Crippen LogP contribution in [0.25, 0.3) is 0 Å². The third kappa shape index (κ3) is 8.52. The van der Waals surface area contributed by atoms with E-state index in [0.717, 1.165) is 6.42 Å². The van der Waals surface area contributed by atoms with E-state index >= 15 is 0 Å². The lowest BCUT2D eigenvalue weighted by atomic mass is 9.83. The molecule has 0 heterocycles. The van der Waals surface area contributed by atoms with Gasteiger partial charge in [-0.2, -0.15) is 0 Å². The molecule has 0 aliphatic heterocycles. The smallest absolute Gasteiger partial charge is 0.341 e. The molecule has 1 rings (SSSR count). The van der Waals surface area contributed by atoms with E-state index in [0.29, 0.717) is 55.2 Å². The Kier molecular flexibility index (Phi) is 11.0. The number of nitrogens with one attached hydrogen (secondary N) is 1. The summed E-state index contributed by atoms with van der Waals surface area (Å²) in [7, 11) is 1.33. The monoisotopic (exact) mass is 435 g/mol. The van der Waals surface area contributed by atoms with Crippen LogP contribution in [0, 0.1) is 17.8 Å². The van der Waals surface area contributed by atoms with Gasteiger partial charge in [-0.05, 0) is 55.2 Å². The van der Waals surface area contributed by atoms with Crippen molar-refractivity contribution in [2.45, 2.75) is 73.3 Å². The van der Waals surface area contributed by atoms with E-state index < -0.39 is 11.6 Å². The predicted octanol–water partition coefficient (Wildman–Crippen LogP) is 5.70. The maximum atomic E-state index is 13.5. The molecule has 0 aliphatic rings. The molecule has 0 bridgehead atoms. The topological polar surface area (TPSA) is 73.9 Å². The zero-order valence-electron chi connectivity index (χ0n) is 20.5. The first-order chi connectivity index (χ1) is 14.5. The average Bonchev–Trinajstić information content (AvgIpc) is 2.69.